The van der Waals surface area contributed by atoms with Gasteiger partial charge >= 0.3 is 0 Å². The third-order valence-corrected chi connectivity index (χ3v) is 6.34. The van der Waals surface area contributed by atoms with E-state index in [-0.39, 0.29) is 0 Å². The molecule has 6 heteroatoms. The molecule has 0 aliphatic rings. The van der Waals surface area contributed by atoms with Crippen molar-refractivity contribution in [2.45, 2.75) is 51.4 Å². The first-order valence-corrected chi connectivity index (χ1v) is 13.6. The van der Waals surface area contributed by atoms with Crippen LogP contribution in [0.2, 0.25) is 0 Å². The Kier molecular flexibility index (Phi) is 13.4. The normalized spacial score (nSPS) is 11.2. The SMILES string of the molecule is SCCCCOc1c(CCCS)ccc2c(OCCCCS)c(CCCS)ccc12. The Morgan fingerprint density at radius 2 is 0.900 bits per heavy atom. The minimum atomic E-state index is 0.715. The summed E-state index contributed by atoms with van der Waals surface area (Å²) in [6.45, 7) is 1.43. The molecular weight excluding hydrogens is 449 g/mol. The molecule has 0 atom stereocenters. The summed E-state index contributed by atoms with van der Waals surface area (Å²) in [6, 6.07) is 8.84. The highest BCUT2D eigenvalue weighted by Gasteiger charge is 2.15. The van der Waals surface area contributed by atoms with Crippen molar-refractivity contribution in [1.82, 2.24) is 0 Å². The minimum Gasteiger partial charge on any atom is -0.493 e. The van der Waals surface area contributed by atoms with Crippen LogP contribution < -0.4 is 9.47 Å². The van der Waals surface area contributed by atoms with E-state index in [1.165, 1.54) is 11.1 Å². The molecular formula is C24H36O2S4. The van der Waals surface area contributed by atoms with E-state index in [1.54, 1.807) is 0 Å². The number of rotatable bonds is 16. The molecule has 0 saturated heterocycles. The fourth-order valence-corrected chi connectivity index (χ4v) is 4.25. The Morgan fingerprint density at radius 1 is 0.500 bits per heavy atom. The van der Waals surface area contributed by atoms with Gasteiger partial charge in [0.1, 0.15) is 11.5 Å². The van der Waals surface area contributed by atoms with E-state index in [0.29, 0.717) is 13.2 Å². The summed E-state index contributed by atoms with van der Waals surface area (Å²) in [7, 11) is 0. The standard InChI is InChI=1S/C24H36O2S4/c27-15-3-1-13-25-23-19(7-5-17-29)9-12-22-21(23)11-10-20(8-6-18-30)24(22)26-14-2-4-16-28/h9-12,27-30H,1-8,13-18H2. The largest absolute Gasteiger partial charge is 0.493 e. The first-order valence-electron chi connectivity index (χ1n) is 11.0. The van der Waals surface area contributed by atoms with E-state index in [4.69, 9.17) is 9.47 Å². The lowest BCUT2D eigenvalue weighted by atomic mass is 9.97. The smallest absolute Gasteiger partial charge is 0.130 e. The van der Waals surface area contributed by atoms with Gasteiger partial charge in [-0.2, -0.15) is 50.5 Å². The molecule has 168 valence electrons. The third-order valence-electron chi connectivity index (χ3n) is 5.07. The maximum absolute atomic E-state index is 6.33. The van der Waals surface area contributed by atoms with Crippen LogP contribution >= 0.6 is 50.5 Å². The van der Waals surface area contributed by atoms with Gasteiger partial charge in [-0.1, -0.05) is 24.3 Å². The second kappa shape index (κ2) is 15.5. The van der Waals surface area contributed by atoms with Crippen molar-refractivity contribution >= 4 is 61.3 Å². The van der Waals surface area contributed by atoms with Crippen LogP contribution in [0, 0.1) is 0 Å². The summed E-state index contributed by atoms with van der Waals surface area (Å²) in [5, 5.41) is 2.30. The molecule has 0 aliphatic heterocycles. The molecule has 0 heterocycles. The molecule has 2 nitrogen and oxygen atoms in total. The van der Waals surface area contributed by atoms with Crippen molar-refractivity contribution in [2.24, 2.45) is 0 Å². The monoisotopic (exact) mass is 484 g/mol. The highest BCUT2D eigenvalue weighted by molar-refractivity contribution is 7.80. The van der Waals surface area contributed by atoms with E-state index in [2.05, 4.69) is 74.8 Å². The Labute approximate surface area is 204 Å². The first-order chi connectivity index (χ1) is 14.8. The number of ether oxygens (including phenoxy) is 2. The molecule has 0 saturated carbocycles. The van der Waals surface area contributed by atoms with E-state index >= 15 is 0 Å². The van der Waals surface area contributed by atoms with E-state index in [9.17, 15) is 0 Å². The zero-order valence-corrected chi connectivity index (χ0v) is 21.4. The van der Waals surface area contributed by atoms with E-state index in [1.807, 2.05) is 0 Å². The minimum absolute atomic E-state index is 0.715. The van der Waals surface area contributed by atoms with Gasteiger partial charge in [0.15, 0.2) is 0 Å². The molecule has 0 N–H and O–H groups in total. The molecule has 0 radical (unpaired) electrons. The van der Waals surface area contributed by atoms with Gasteiger partial charge in [0.2, 0.25) is 0 Å². The second-order valence-corrected chi connectivity index (χ2v) is 9.20. The third kappa shape index (κ3) is 7.99. The van der Waals surface area contributed by atoms with Crippen molar-refractivity contribution in [3.8, 4) is 11.5 Å². The van der Waals surface area contributed by atoms with Gasteiger partial charge in [-0.25, -0.2) is 0 Å². The molecule has 0 amide bonds. The average molecular weight is 485 g/mol. The maximum atomic E-state index is 6.33. The van der Waals surface area contributed by atoms with Crippen molar-refractivity contribution in [3.05, 3.63) is 35.4 Å². The van der Waals surface area contributed by atoms with Crippen LogP contribution in [0.15, 0.2) is 24.3 Å². The molecule has 0 aromatic heterocycles. The highest BCUT2D eigenvalue weighted by Crippen LogP contribution is 2.38. The summed E-state index contributed by atoms with van der Waals surface area (Å²) in [4.78, 5) is 0. The molecule has 2 aromatic carbocycles. The number of benzene rings is 2. The number of hydrogen-bond acceptors (Lipinski definition) is 6. The van der Waals surface area contributed by atoms with Gasteiger partial charge < -0.3 is 9.47 Å². The molecule has 0 aliphatic carbocycles. The summed E-state index contributed by atoms with van der Waals surface area (Å²) in [5.74, 6) is 5.55. The fourth-order valence-electron chi connectivity index (χ4n) is 3.49. The number of hydrogen-bond donors (Lipinski definition) is 4. The number of thiol groups is 4. The van der Waals surface area contributed by atoms with Gasteiger partial charge in [-0.05, 0) is 85.5 Å². The highest BCUT2D eigenvalue weighted by atomic mass is 32.1. The van der Waals surface area contributed by atoms with Crippen molar-refractivity contribution in [3.63, 3.8) is 0 Å². The Morgan fingerprint density at radius 3 is 1.27 bits per heavy atom. The lowest BCUT2D eigenvalue weighted by Gasteiger charge is -2.19. The average Bonchev–Trinajstić information content (AvgIpc) is 2.77. The topological polar surface area (TPSA) is 18.5 Å². The molecule has 0 spiro atoms. The Bertz CT molecular complexity index is 688. The Hall–Kier alpha value is -0.300. The van der Waals surface area contributed by atoms with Crippen LogP contribution in [0.5, 0.6) is 11.5 Å². The number of fused-ring (bicyclic) bond motifs is 1. The van der Waals surface area contributed by atoms with Gasteiger partial charge in [-0.3, -0.25) is 0 Å². The van der Waals surface area contributed by atoms with E-state index in [0.717, 1.165) is 96.6 Å². The van der Waals surface area contributed by atoms with Crippen LogP contribution in [-0.2, 0) is 12.8 Å². The zero-order valence-electron chi connectivity index (χ0n) is 17.8. The van der Waals surface area contributed by atoms with Crippen LogP contribution in [0.3, 0.4) is 0 Å². The van der Waals surface area contributed by atoms with Crippen LogP contribution in [0.25, 0.3) is 10.8 Å². The summed E-state index contributed by atoms with van der Waals surface area (Å²) < 4.78 is 12.7. The predicted molar refractivity (Wildman–Crippen MR) is 145 cm³/mol. The summed E-state index contributed by atoms with van der Waals surface area (Å²) in [5.41, 5.74) is 2.51. The fraction of sp³-hybridized carbons (Fsp3) is 0.583. The van der Waals surface area contributed by atoms with Gasteiger partial charge in [0.05, 0.1) is 13.2 Å². The van der Waals surface area contributed by atoms with Gasteiger partial charge in [0, 0.05) is 10.8 Å². The lowest BCUT2D eigenvalue weighted by Crippen LogP contribution is -2.05. The van der Waals surface area contributed by atoms with Crippen LogP contribution in [0.1, 0.15) is 49.7 Å². The molecule has 2 rings (SSSR count). The summed E-state index contributed by atoms with van der Waals surface area (Å²) >= 11 is 17.4. The molecule has 0 fully saturated rings. The van der Waals surface area contributed by atoms with Crippen molar-refractivity contribution in [1.29, 1.82) is 0 Å². The maximum Gasteiger partial charge on any atom is 0.130 e. The summed E-state index contributed by atoms with van der Waals surface area (Å²) in [6.07, 6.45) is 8.17. The van der Waals surface area contributed by atoms with Crippen molar-refractivity contribution in [2.75, 3.05) is 36.2 Å². The van der Waals surface area contributed by atoms with E-state index < -0.39 is 0 Å². The molecule has 30 heavy (non-hydrogen) atoms. The number of aryl methyl sites for hydroxylation is 2. The second-order valence-electron chi connectivity index (χ2n) is 7.42. The van der Waals surface area contributed by atoms with Crippen LogP contribution in [0.4, 0.5) is 0 Å². The molecule has 0 bridgehead atoms. The van der Waals surface area contributed by atoms with Gasteiger partial charge in [-0.15, -0.1) is 0 Å². The lowest BCUT2D eigenvalue weighted by molar-refractivity contribution is 0.307. The van der Waals surface area contributed by atoms with Crippen molar-refractivity contribution < 1.29 is 9.47 Å². The Balaban J connectivity index is 2.41. The van der Waals surface area contributed by atoms with Crippen LogP contribution in [-0.4, -0.2) is 36.2 Å². The molecule has 2 aromatic rings. The molecule has 0 unspecified atom stereocenters. The number of unbranched alkanes of at least 4 members (excludes halogenated alkanes) is 2. The predicted octanol–water partition coefficient (Wildman–Crippen LogP) is 6.74. The van der Waals surface area contributed by atoms with Gasteiger partial charge in [0.25, 0.3) is 0 Å². The first kappa shape index (κ1) is 26.0. The quantitative estimate of drug-likeness (QED) is 0.156. The zero-order chi connectivity index (χ0) is 21.6.